The molecule has 182 valence electrons. The van der Waals surface area contributed by atoms with Gasteiger partial charge >= 0.3 is 0 Å². The molecule has 7 heteroatoms. The monoisotopic (exact) mass is 473 g/mol. The third kappa shape index (κ3) is 3.47. The Labute approximate surface area is 204 Å². The van der Waals surface area contributed by atoms with Crippen LogP contribution in [0.3, 0.4) is 0 Å². The van der Waals surface area contributed by atoms with Crippen LogP contribution in [0.25, 0.3) is 6.08 Å². The lowest BCUT2D eigenvalue weighted by atomic mass is 9.87. The minimum absolute atomic E-state index is 0.00913. The van der Waals surface area contributed by atoms with Gasteiger partial charge in [0.05, 0.1) is 6.04 Å². The lowest BCUT2D eigenvalue weighted by Crippen LogP contribution is -2.53. The summed E-state index contributed by atoms with van der Waals surface area (Å²) in [7, 11) is 0. The molecule has 1 N–H and O–H groups in total. The van der Waals surface area contributed by atoms with E-state index in [1.54, 1.807) is 21.6 Å². The molecular weight excluding hydrogens is 442 g/mol. The summed E-state index contributed by atoms with van der Waals surface area (Å²) in [5, 5.41) is 10.5. The van der Waals surface area contributed by atoms with Crippen molar-refractivity contribution in [3.8, 4) is 0 Å². The summed E-state index contributed by atoms with van der Waals surface area (Å²) in [4.78, 5) is 44.4. The second-order valence-corrected chi connectivity index (χ2v) is 10.3. The molecule has 0 unspecified atom stereocenters. The van der Waals surface area contributed by atoms with Gasteiger partial charge in [0.2, 0.25) is 11.8 Å². The summed E-state index contributed by atoms with van der Waals surface area (Å²) >= 11 is 0. The largest absolute Gasteiger partial charge is 0.396 e. The van der Waals surface area contributed by atoms with Gasteiger partial charge in [-0.15, -0.1) is 0 Å². The molecule has 1 saturated carbocycles. The topological polar surface area (TPSA) is 82.8 Å². The Morgan fingerprint density at radius 1 is 1.09 bits per heavy atom. The van der Waals surface area contributed by atoms with Gasteiger partial charge < -0.3 is 19.5 Å². The maximum absolute atomic E-state index is 14.0. The van der Waals surface area contributed by atoms with Crippen molar-refractivity contribution in [2.75, 3.05) is 13.2 Å². The van der Waals surface area contributed by atoms with Gasteiger partial charge in [0.1, 0.15) is 6.04 Å². The number of hydrogen-bond donors (Lipinski definition) is 1. The van der Waals surface area contributed by atoms with Crippen molar-refractivity contribution in [3.05, 3.63) is 75.2 Å². The van der Waals surface area contributed by atoms with Crippen LogP contribution in [0.1, 0.15) is 48.2 Å². The van der Waals surface area contributed by atoms with Gasteiger partial charge in [-0.05, 0) is 49.4 Å². The molecule has 0 radical (unpaired) electrons. The zero-order chi connectivity index (χ0) is 24.3. The Hall–Kier alpha value is -3.19. The fourth-order valence-electron chi connectivity index (χ4n) is 6.45. The molecule has 6 rings (SSSR count). The Balaban J connectivity index is 1.39. The van der Waals surface area contributed by atoms with E-state index in [-0.39, 0.29) is 41.9 Å². The first kappa shape index (κ1) is 22.3. The zero-order valence-corrected chi connectivity index (χ0v) is 20.0. The van der Waals surface area contributed by atoms with Gasteiger partial charge in [-0.1, -0.05) is 36.4 Å². The quantitative estimate of drug-likeness (QED) is 0.739. The first-order valence-corrected chi connectivity index (χ1v) is 12.7. The molecule has 1 aromatic carbocycles. The van der Waals surface area contributed by atoms with E-state index in [9.17, 15) is 19.5 Å². The van der Waals surface area contributed by atoms with Gasteiger partial charge in [0, 0.05) is 55.3 Å². The van der Waals surface area contributed by atoms with Crippen LogP contribution in [0.5, 0.6) is 0 Å². The molecule has 4 atom stereocenters. The van der Waals surface area contributed by atoms with Crippen molar-refractivity contribution >= 4 is 17.9 Å². The number of nitrogens with zero attached hydrogens (tertiary/aromatic N) is 3. The first-order valence-electron chi connectivity index (χ1n) is 12.7. The van der Waals surface area contributed by atoms with Crippen molar-refractivity contribution in [1.29, 1.82) is 0 Å². The number of carbonyl (C=O) groups is 2. The average molecular weight is 474 g/mol. The molecule has 3 aliphatic heterocycles. The van der Waals surface area contributed by atoms with Crippen LogP contribution < -0.4 is 5.56 Å². The van der Waals surface area contributed by atoms with Crippen LogP contribution in [0.15, 0.2) is 47.3 Å². The molecule has 2 fully saturated rings. The van der Waals surface area contributed by atoms with E-state index < -0.39 is 12.0 Å². The highest BCUT2D eigenvalue weighted by atomic mass is 16.3. The molecule has 1 saturated heterocycles. The van der Waals surface area contributed by atoms with E-state index in [2.05, 4.69) is 12.1 Å². The van der Waals surface area contributed by atoms with Crippen molar-refractivity contribution in [3.63, 3.8) is 0 Å². The minimum Gasteiger partial charge on any atom is -0.396 e. The van der Waals surface area contributed by atoms with E-state index in [0.29, 0.717) is 25.2 Å². The van der Waals surface area contributed by atoms with Crippen molar-refractivity contribution in [2.45, 2.75) is 51.4 Å². The summed E-state index contributed by atoms with van der Waals surface area (Å²) in [6.07, 6.45) is 6.09. The Kier molecular flexibility index (Phi) is 5.40. The minimum atomic E-state index is -0.701. The predicted molar refractivity (Wildman–Crippen MR) is 131 cm³/mol. The summed E-state index contributed by atoms with van der Waals surface area (Å²) in [6.45, 7) is 3.22. The van der Waals surface area contributed by atoms with Crippen molar-refractivity contribution < 1.29 is 14.7 Å². The fourth-order valence-corrected chi connectivity index (χ4v) is 6.45. The molecule has 4 heterocycles. The second kappa shape index (κ2) is 8.48. The number of carbonyl (C=O) groups excluding carboxylic acids is 2. The van der Waals surface area contributed by atoms with Crippen LogP contribution in [-0.2, 0) is 29.1 Å². The SMILES string of the molecule is C/C=C/c1ccc2n(c1=O)C[C@H]1[C@H](CO)[C@@H](C(=O)N3CCc4ccccc4C3)N(C(=O)C3CC3)[C@@H]21. The highest BCUT2D eigenvalue weighted by molar-refractivity contribution is 5.91. The number of likely N-dealkylation sites (tertiary alicyclic amines) is 1. The Bertz CT molecular complexity index is 1280. The number of rotatable bonds is 4. The van der Waals surface area contributed by atoms with Gasteiger partial charge in [0.25, 0.3) is 5.56 Å². The normalized spacial score (nSPS) is 27.1. The number of hydrogen-bond acceptors (Lipinski definition) is 4. The predicted octanol–water partition coefficient (Wildman–Crippen LogP) is 2.37. The molecule has 0 bridgehead atoms. The summed E-state index contributed by atoms with van der Waals surface area (Å²) in [5.74, 6) is -0.723. The van der Waals surface area contributed by atoms with Crippen LogP contribution in [0.2, 0.25) is 0 Å². The van der Waals surface area contributed by atoms with E-state index in [0.717, 1.165) is 30.5 Å². The highest BCUT2D eigenvalue weighted by Gasteiger charge is 2.59. The zero-order valence-electron chi connectivity index (χ0n) is 20.0. The average Bonchev–Trinajstić information content (AvgIpc) is 3.59. The van der Waals surface area contributed by atoms with E-state index >= 15 is 0 Å². The smallest absolute Gasteiger partial charge is 0.258 e. The van der Waals surface area contributed by atoms with Crippen LogP contribution in [0.4, 0.5) is 0 Å². The van der Waals surface area contributed by atoms with Gasteiger partial charge in [-0.3, -0.25) is 14.4 Å². The summed E-state index contributed by atoms with van der Waals surface area (Å²) < 4.78 is 1.75. The number of pyridine rings is 1. The Morgan fingerprint density at radius 2 is 1.86 bits per heavy atom. The maximum atomic E-state index is 14.0. The third-order valence-corrected chi connectivity index (χ3v) is 8.33. The highest BCUT2D eigenvalue weighted by Crippen LogP contribution is 2.51. The summed E-state index contributed by atoms with van der Waals surface area (Å²) in [5.41, 5.74) is 3.70. The van der Waals surface area contributed by atoms with Crippen LogP contribution >= 0.6 is 0 Å². The summed E-state index contributed by atoms with van der Waals surface area (Å²) in [6, 6.07) is 10.8. The van der Waals surface area contributed by atoms with E-state index in [1.807, 2.05) is 36.1 Å². The molecule has 2 amide bonds. The number of fused-ring (bicyclic) bond motifs is 4. The van der Waals surface area contributed by atoms with Crippen molar-refractivity contribution in [2.24, 2.45) is 17.8 Å². The van der Waals surface area contributed by atoms with E-state index in [4.69, 9.17) is 0 Å². The van der Waals surface area contributed by atoms with Gasteiger partial charge in [-0.2, -0.15) is 0 Å². The molecule has 1 aliphatic carbocycles. The number of aromatic nitrogens is 1. The lowest BCUT2D eigenvalue weighted by molar-refractivity contribution is -0.148. The van der Waals surface area contributed by atoms with Crippen LogP contribution in [-0.4, -0.2) is 50.5 Å². The number of benzene rings is 1. The standard InChI is InChI=1S/C28H31N3O4/c1-2-5-18-10-11-23-24-21(15-30(23)26(18)33)22(16-32)25(31(24)27(34)19-8-9-19)28(35)29-13-12-17-6-3-4-7-20(17)14-29/h2-7,10-11,19,21-22,24-25,32H,8-9,12-16H2,1H3/b5-2+/t21-,22-,24+,25-/m0/s1. The number of aliphatic hydroxyl groups is 1. The Morgan fingerprint density at radius 3 is 2.57 bits per heavy atom. The lowest BCUT2D eigenvalue weighted by Gasteiger charge is -2.37. The third-order valence-electron chi connectivity index (χ3n) is 8.33. The molecule has 7 nitrogen and oxygen atoms in total. The van der Waals surface area contributed by atoms with Gasteiger partial charge in [-0.25, -0.2) is 0 Å². The molecule has 2 aromatic rings. The molecular formula is C28H31N3O4. The van der Waals surface area contributed by atoms with Crippen molar-refractivity contribution in [1.82, 2.24) is 14.4 Å². The van der Waals surface area contributed by atoms with Crippen LogP contribution in [0, 0.1) is 17.8 Å². The molecule has 35 heavy (non-hydrogen) atoms. The molecule has 4 aliphatic rings. The number of aliphatic hydroxyl groups excluding tert-OH is 1. The van der Waals surface area contributed by atoms with Gasteiger partial charge in [0.15, 0.2) is 0 Å². The maximum Gasteiger partial charge on any atom is 0.258 e. The van der Waals surface area contributed by atoms with E-state index in [1.165, 1.54) is 5.56 Å². The first-order chi connectivity index (χ1) is 17.0. The number of allylic oxidation sites excluding steroid dienone is 1. The fraction of sp³-hybridized carbons (Fsp3) is 0.464. The number of amides is 2. The molecule has 0 spiro atoms. The second-order valence-electron chi connectivity index (χ2n) is 10.3. The molecule has 1 aromatic heterocycles.